The molecule has 17 heavy (non-hydrogen) atoms. The van der Waals surface area contributed by atoms with E-state index in [9.17, 15) is 0 Å². The summed E-state index contributed by atoms with van der Waals surface area (Å²) >= 11 is 0. The molecule has 3 rings (SSSR count). The van der Waals surface area contributed by atoms with E-state index >= 15 is 0 Å². The maximum atomic E-state index is 4.54. The number of hydrogen-bond donors (Lipinski definition) is 1. The van der Waals surface area contributed by atoms with Gasteiger partial charge in [-0.25, -0.2) is 0 Å². The minimum absolute atomic E-state index is 0.605. The highest BCUT2D eigenvalue weighted by molar-refractivity contribution is 5.66. The summed E-state index contributed by atoms with van der Waals surface area (Å²) in [7, 11) is 0. The lowest BCUT2D eigenvalue weighted by atomic mass is 10.1. The summed E-state index contributed by atoms with van der Waals surface area (Å²) in [5.41, 5.74) is 5.15. The number of H-pyrrole nitrogens is 1. The molecule has 0 saturated heterocycles. The largest absolute Gasteiger partial charge is 0.364 e. The van der Waals surface area contributed by atoms with Crippen molar-refractivity contribution in [1.82, 2.24) is 14.8 Å². The quantitative estimate of drug-likeness (QED) is 0.838. The van der Waals surface area contributed by atoms with Crippen LogP contribution in [0.4, 0.5) is 0 Å². The molecule has 2 aromatic heterocycles. The van der Waals surface area contributed by atoms with Crippen molar-refractivity contribution in [2.24, 2.45) is 0 Å². The maximum absolute atomic E-state index is 4.54. The molecule has 1 saturated carbocycles. The van der Waals surface area contributed by atoms with Crippen LogP contribution in [0, 0.1) is 13.8 Å². The number of aromatic nitrogens is 3. The zero-order valence-corrected chi connectivity index (χ0v) is 10.5. The highest BCUT2D eigenvalue weighted by Gasteiger charge is 2.21. The Hall–Kier alpha value is -1.51. The van der Waals surface area contributed by atoms with Gasteiger partial charge in [-0.05, 0) is 38.3 Å². The molecular weight excluding hydrogens is 210 g/mol. The molecule has 0 aromatic carbocycles. The van der Waals surface area contributed by atoms with Gasteiger partial charge in [0.05, 0.1) is 11.7 Å². The van der Waals surface area contributed by atoms with E-state index in [0.29, 0.717) is 6.04 Å². The van der Waals surface area contributed by atoms with Gasteiger partial charge in [0.2, 0.25) is 0 Å². The van der Waals surface area contributed by atoms with E-state index in [1.54, 1.807) is 0 Å². The van der Waals surface area contributed by atoms with Gasteiger partial charge < -0.3 is 4.98 Å². The molecule has 90 valence electrons. The van der Waals surface area contributed by atoms with Crippen LogP contribution in [0.3, 0.4) is 0 Å². The van der Waals surface area contributed by atoms with Crippen LogP contribution in [0.1, 0.15) is 43.0 Å². The van der Waals surface area contributed by atoms with Crippen LogP contribution in [0.25, 0.3) is 11.3 Å². The van der Waals surface area contributed by atoms with E-state index in [1.807, 2.05) is 6.20 Å². The molecule has 0 amide bonds. The van der Waals surface area contributed by atoms with Crippen LogP contribution < -0.4 is 0 Å². The molecule has 0 aliphatic heterocycles. The van der Waals surface area contributed by atoms with Crippen molar-refractivity contribution in [3.05, 3.63) is 29.7 Å². The van der Waals surface area contributed by atoms with E-state index < -0.39 is 0 Å². The number of nitrogens with one attached hydrogen (secondary N) is 1. The van der Waals surface area contributed by atoms with Gasteiger partial charge in [-0.1, -0.05) is 12.8 Å². The first-order valence-corrected chi connectivity index (χ1v) is 6.46. The lowest BCUT2D eigenvalue weighted by Crippen LogP contribution is -2.08. The highest BCUT2D eigenvalue weighted by atomic mass is 15.3. The predicted molar refractivity (Wildman–Crippen MR) is 69.0 cm³/mol. The fourth-order valence-corrected chi connectivity index (χ4v) is 3.00. The Labute approximate surface area is 102 Å². The fourth-order valence-electron chi connectivity index (χ4n) is 3.00. The van der Waals surface area contributed by atoms with Gasteiger partial charge in [0.1, 0.15) is 0 Å². The van der Waals surface area contributed by atoms with Crippen LogP contribution in [-0.4, -0.2) is 14.8 Å². The van der Waals surface area contributed by atoms with Crippen LogP contribution in [0.5, 0.6) is 0 Å². The Bertz CT molecular complexity index is 496. The SMILES string of the molecule is Cc1c[nH]c(C)c1-c1ccnn1C1CCCC1. The van der Waals surface area contributed by atoms with Crippen molar-refractivity contribution < 1.29 is 0 Å². The number of rotatable bonds is 2. The normalized spacial score (nSPS) is 16.8. The fraction of sp³-hybridized carbons (Fsp3) is 0.500. The smallest absolute Gasteiger partial charge is 0.0706 e. The monoisotopic (exact) mass is 229 g/mol. The first-order valence-electron chi connectivity index (χ1n) is 6.46. The first-order chi connectivity index (χ1) is 8.27. The Balaban J connectivity index is 2.06. The van der Waals surface area contributed by atoms with Gasteiger partial charge in [-0.2, -0.15) is 5.10 Å². The minimum Gasteiger partial charge on any atom is -0.364 e. The van der Waals surface area contributed by atoms with Gasteiger partial charge in [0, 0.05) is 23.7 Å². The average Bonchev–Trinajstić information content (AvgIpc) is 2.98. The first kappa shape index (κ1) is 10.6. The van der Waals surface area contributed by atoms with Crippen molar-refractivity contribution in [2.75, 3.05) is 0 Å². The number of aryl methyl sites for hydroxylation is 2. The Morgan fingerprint density at radius 2 is 2.06 bits per heavy atom. The van der Waals surface area contributed by atoms with Crippen molar-refractivity contribution >= 4 is 0 Å². The van der Waals surface area contributed by atoms with Gasteiger partial charge in [-0.3, -0.25) is 4.68 Å². The van der Waals surface area contributed by atoms with Crippen molar-refractivity contribution in [3.63, 3.8) is 0 Å². The van der Waals surface area contributed by atoms with Gasteiger partial charge >= 0.3 is 0 Å². The predicted octanol–water partition coefficient (Wildman–Crippen LogP) is 3.61. The molecule has 0 radical (unpaired) electrons. The third-order valence-corrected chi connectivity index (χ3v) is 3.87. The summed E-state index contributed by atoms with van der Waals surface area (Å²) < 4.78 is 2.23. The molecule has 0 spiro atoms. The van der Waals surface area contributed by atoms with Crippen molar-refractivity contribution in [1.29, 1.82) is 0 Å². The second-order valence-electron chi connectivity index (χ2n) is 5.07. The molecule has 2 heterocycles. The summed E-state index contributed by atoms with van der Waals surface area (Å²) in [6.07, 6.45) is 9.24. The van der Waals surface area contributed by atoms with E-state index in [4.69, 9.17) is 0 Å². The van der Waals surface area contributed by atoms with E-state index in [-0.39, 0.29) is 0 Å². The molecule has 3 heteroatoms. The molecule has 2 aromatic rings. The van der Waals surface area contributed by atoms with E-state index in [0.717, 1.165) is 0 Å². The average molecular weight is 229 g/mol. The highest BCUT2D eigenvalue weighted by Crippen LogP contribution is 2.34. The Morgan fingerprint density at radius 3 is 2.71 bits per heavy atom. The second-order valence-corrected chi connectivity index (χ2v) is 5.07. The Kier molecular flexibility index (Phi) is 2.54. The molecule has 1 N–H and O–H groups in total. The van der Waals surface area contributed by atoms with Crippen LogP contribution >= 0.6 is 0 Å². The molecule has 1 aliphatic rings. The topological polar surface area (TPSA) is 33.6 Å². The van der Waals surface area contributed by atoms with Crippen LogP contribution in [0.15, 0.2) is 18.5 Å². The molecule has 1 aliphatic carbocycles. The molecule has 0 atom stereocenters. The lowest BCUT2D eigenvalue weighted by Gasteiger charge is -2.14. The second kappa shape index (κ2) is 4.06. The minimum atomic E-state index is 0.605. The molecule has 1 fully saturated rings. The summed E-state index contributed by atoms with van der Waals surface area (Å²) in [5.74, 6) is 0. The van der Waals surface area contributed by atoms with E-state index in [1.165, 1.54) is 48.2 Å². The van der Waals surface area contributed by atoms with Crippen LogP contribution in [-0.2, 0) is 0 Å². The summed E-state index contributed by atoms with van der Waals surface area (Å²) in [5, 5.41) is 4.54. The van der Waals surface area contributed by atoms with Gasteiger partial charge in [-0.15, -0.1) is 0 Å². The summed E-state index contributed by atoms with van der Waals surface area (Å²) in [6, 6.07) is 2.75. The van der Waals surface area contributed by atoms with Crippen molar-refractivity contribution in [2.45, 2.75) is 45.6 Å². The van der Waals surface area contributed by atoms with E-state index in [2.05, 4.69) is 40.9 Å². The third-order valence-electron chi connectivity index (χ3n) is 3.87. The number of nitrogens with zero attached hydrogens (tertiary/aromatic N) is 2. The maximum Gasteiger partial charge on any atom is 0.0706 e. The molecular formula is C14H19N3. The number of aromatic amines is 1. The molecule has 3 nitrogen and oxygen atoms in total. The van der Waals surface area contributed by atoms with Gasteiger partial charge in [0.25, 0.3) is 0 Å². The van der Waals surface area contributed by atoms with Gasteiger partial charge in [0.15, 0.2) is 0 Å². The standard InChI is InChI=1S/C14H19N3/c1-10-9-15-11(2)14(10)13-7-8-16-17(13)12-5-3-4-6-12/h7-9,12,15H,3-6H2,1-2H3. The Morgan fingerprint density at radius 1 is 1.29 bits per heavy atom. The van der Waals surface area contributed by atoms with Crippen LogP contribution in [0.2, 0.25) is 0 Å². The third kappa shape index (κ3) is 1.70. The van der Waals surface area contributed by atoms with Crippen molar-refractivity contribution in [3.8, 4) is 11.3 Å². The zero-order chi connectivity index (χ0) is 11.8. The molecule has 0 bridgehead atoms. The summed E-state index contributed by atoms with van der Waals surface area (Å²) in [6.45, 7) is 4.29. The molecule has 0 unspecified atom stereocenters. The lowest BCUT2D eigenvalue weighted by molar-refractivity contribution is 0.472. The number of hydrogen-bond acceptors (Lipinski definition) is 1. The summed E-state index contributed by atoms with van der Waals surface area (Å²) in [4.78, 5) is 3.30. The zero-order valence-electron chi connectivity index (χ0n) is 10.5.